The van der Waals surface area contributed by atoms with Crippen molar-refractivity contribution in [2.75, 3.05) is 30.8 Å². The minimum Gasteiger partial charge on any atom is -0.496 e. The monoisotopic (exact) mass is 425 g/mol. The van der Waals surface area contributed by atoms with Gasteiger partial charge >= 0.3 is 0 Å². The average Bonchev–Trinajstić information content (AvgIpc) is 3.68. The Morgan fingerprint density at radius 3 is 2.50 bits per heavy atom. The molecule has 6 nitrogen and oxygen atoms in total. The first-order chi connectivity index (χ1) is 14.6. The first-order valence-corrected chi connectivity index (χ1v) is 11.2. The number of anilines is 2. The van der Waals surface area contributed by atoms with Crippen molar-refractivity contribution in [1.82, 2.24) is 14.4 Å². The number of hydrogen-bond donors (Lipinski definition) is 1. The van der Waals surface area contributed by atoms with E-state index >= 15 is 0 Å². The van der Waals surface area contributed by atoms with Crippen LogP contribution >= 0.6 is 11.6 Å². The van der Waals surface area contributed by atoms with Crippen LogP contribution in [0.15, 0.2) is 24.5 Å². The number of benzene rings is 1. The molecule has 0 aliphatic heterocycles. The highest BCUT2D eigenvalue weighted by Gasteiger charge is 2.32. The third-order valence-corrected chi connectivity index (χ3v) is 6.47. The largest absolute Gasteiger partial charge is 0.496 e. The second-order valence-electron chi connectivity index (χ2n) is 8.57. The van der Waals surface area contributed by atoms with Crippen LogP contribution in [0.1, 0.15) is 38.3 Å². The highest BCUT2D eigenvalue weighted by Crippen LogP contribution is 2.40. The van der Waals surface area contributed by atoms with Crippen LogP contribution in [0, 0.1) is 11.8 Å². The molecule has 2 aliphatic carbocycles. The van der Waals surface area contributed by atoms with Crippen LogP contribution in [-0.2, 0) is 6.42 Å². The lowest BCUT2D eigenvalue weighted by molar-refractivity contribution is 0.416. The molecule has 2 fully saturated rings. The number of methoxy groups -OCH3 is 1. The molecule has 0 radical (unpaired) electrons. The molecule has 0 bridgehead atoms. The number of halogens is 1. The summed E-state index contributed by atoms with van der Waals surface area (Å²) in [6.45, 7) is 4.41. The molecule has 30 heavy (non-hydrogen) atoms. The van der Waals surface area contributed by atoms with E-state index in [1.165, 1.54) is 31.5 Å². The van der Waals surface area contributed by atoms with E-state index in [1.807, 2.05) is 18.5 Å². The SMILES string of the molecule is CCc1nc2c(-c3cc(Cl)c(N)cc3OC)nccn2c1N(CC1CC1)CC1CC1. The van der Waals surface area contributed by atoms with Crippen LogP contribution in [0.5, 0.6) is 5.75 Å². The quantitative estimate of drug-likeness (QED) is 0.523. The highest BCUT2D eigenvalue weighted by molar-refractivity contribution is 6.33. The molecule has 5 rings (SSSR count). The Balaban J connectivity index is 1.67. The fraction of sp³-hybridized carbons (Fsp3) is 0.478. The molecule has 2 N–H and O–H groups in total. The van der Waals surface area contributed by atoms with Crippen molar-refractivity contribution in [3.05, 3.63) is 35.2 Å². The number of aromatic nitrogens is 3. The number of nitrogens with two attached hydrogens (primary N) is 1. The third-order valence-electron chi connectivity index (χ3n) is 6.15. The van der Waals surface area contributed by atoms with E-state index in [0.29, 0.717) is 16.5 Å². The molecule has 2 saturated carbocycles. The summed E-state index contributed by atoms with van der Waals surface area (Å²) < 4.78 is 7.80. The summed E-state index contributed by atoms with van der Waals surface area (Å²) in [5, 5.41) is 0.487. The summed E-state index contributed by atoms with van der Waals surface area (Å²) in [5.74, 6) is 3.50. The van der Waals surface area contributed by atoms with Crippen molar-refractivity contribution in [3.8, 4) is 17.0 Å². The number of imidazole rings is 1. The van der Waals surface area contributed by atoms with Crippen LogP contribution in [0.2, 0.25) is 5.02 Å². The molecular weight excluding hydrogens is 398 g/mol. The number of aryl methyl sites for hydroxylation is 1. The molecular formula is C23H28ClN5O. The topological polar surface area (TPSA) is 68.7 Å². The molecule has 7 heteroatoms. The van der Waals surface area contributed by atoms with Gasteiger partial charge in [0.2, 0.25) is 0 Å². The van der Waals surface area contributed by atoms with E-state index in [-0.39, 0.29) is 0 Å². The van der Waals surface area contributed by atoms with Gasteiger partial charge in [-0.1, -0.05) is 18.5 Å². The molecule has 0 saturated heterocycles. The van der Waals surface area contributed by atoms with E-state index in [1.54, 1.807) is 13.2 Å². The first kappa shape index (κ1) is 19.5. The lowest BCUT2D eigenvalue weighted by atomic mass is 10.1. The third kappa shape index (κ3) is 3.58. The van der Waals surface area contributed by atoms with E-state index in [2.05, 4.69) is 21.2 Å². The molecule has 0 atom stereocenters. The van der Waals surface area contributed by atoms with Crippen LogP contribution in [-0.4, -0.2) is 34.6 Å². The number of rotatable bonds is 8. The predicted molar refractivity (Wildman–Crippen MR) is 121 cm³/mol. The Morgan fingerprint density at radius 1 is 1.20 bits per heavy atom. The van der Waals surface area contributed by atoms with Crippen LogP contribution in [0.25, 0.3) is 16.9 Å². The van der Waals surface area contributed by atoms with E-state index in [9.17, 15) is 0 Å². The average molecular weight is 426 g/mol. The van der Waals surface area contributed by atoms with Gasteiger partial charge < -0.3 is 15.4 Å². The van der Waals surface area contributed by atoms with Crippen molar-refractivity contribution in [2.24, 2.45) is 11.8 Å². The molecule has 2 heterocycles. The number of fused-ring (bicyclic) bond motifs is 1. The van der Waals surface area contributed by atoms with Gasteiger partial charge in [-0.15, -0.1) is 0 Å². The fourth-order valence-corrected chi connectivity index (χ4v) is 4.33. The molecule has 1 aromatic carbocycles. The maximum Gasteiger partial charge on any atom is 0.165 e. The van der Waals surface area contributed by atoms with Gasteiger partial charge in [0.25, 0.3) is 0 Å². The van der Waals surface area contributed by atoms with Gasteiger partial charge in [0.05, 0.1) is 23.5 Å². The Morgan fingerprint density at radius 2 is 1.90 bits per heavy atom. The molecule has 2 aromatic heterocycles. The van der Waals surface area contributed by atoms with E-state index in [4.69, 9.17) is 27.1 Å². The van der Waals surface area contributed by atoms with Crippen molar-refractivity contribution in [2.45, 2.75) is 39.0 Å². The number of nitrogens with zero attached hydrogens (tertiary/aromatic N) is 4. The minimum absolute atomic E-state index is 0.487. The number of nitrogen functional groups attached to an aromatic ring is 1. The number of ether oxygens (including phenoxy) is 1. The van der Waals surface area contributed by atoms with Gasteiger partial charge in [0.15, 0.2) is 5.65 Å². The van der Waals surface area contributed by atoms with Gasteiger partial charge in [-0.25, -0.2) is 4.98 Å². The Kier molecular flexibility index (Phi) is 4.97. The molecule has 158 valence electrons. The minimum atomic E-state index is 0.487. The molecule has 0 spiro atoms. The van der Waals surface area contributed by atoms with Gasteiger partial charge in [-0.3, -0.25) is 9.38 Å². The lowest BCUT2D eigenvalue weighted by Crippen LogP contribution is -2.30. The molecule has 0 amide bonds. The van der Waals surface area contributed by atoms with Gasteiger partial charge in [-0.2, -0.15) is 0 Å². The van der Waals surface area contributed by atoms with Crippen LogP contribution < -0.4 is 15.4 Å². The van der Waals surface area contributed by atoms with Crippen LogP contribution in [0.4, 0.5) is 11.5 Å². The maximum absolute atomic E-state index is 6.34. The van der Waals surface area contributed by atoms with Gasteiger partial charge in [-0.05, 0) is 50.0 Å². The normalized spacial score (nSPS) is 16.2. The van der Waals surface area contributed by atoms with Gasteiger partial charge in [0.1, 0.15) is 17.3 Å². The highest BCUT2D eigenvalue weighted by atomic mass is 35.5. The second kappa shape index (κ2) is 7.65. The molecule has 3 aromatic rings. The summed E-state index contributed by atoms with van der Waals surface area (Å²) in [7, 11) is 1.63. The number of hydrogen-bond acceptors (Lipinski definition) is 5. The summed E-state index contributed by atoms with van der Waals surface area (Å²) >= 11 is 6.34. The fourth-order valence-electron chi connectivity index (χ4n) is 4.17. The lowest BCUT2D eigenvalue weighted by Gasteiger charge is -2.25. The predicted octanol–water partition coefficient (Wildman–Crippen LogP) is 4.83. The Hall–Kier alpha value is -2.47. The summed E-state index contributed by atoms with van der Waals surface area (Å²) in [6, 6.07) is 3.57. The summed E-state index contributed by atoms with van der Waals surface area (Å²) in [4.78, 5) is 12.3. The Labute approximate surface area is 182 Å². The first-order valence-electron chi connectivity index (χ1n) is 10.8. The van der Waals surface area contributed by atoms with Crippen molar-refractivity contribution >= 4 is 28.8 Å². The van der Waals surface area contributed by atoms with E-state index in [0.717, 1.165) is 53.9 Å². The zero-order chi connectivity index (χ0) is 20.8. The second-order valence-corrected chi connectivity index (χ2v) is 8.98. The molecule has 2 aliphatic rings. The van der Waals surface area contributed by atoms with E-state index < -0.39 is 0 Å². The van der Waals surface area contributed by atoms with Crippen molar-refractivity contribution in [3.63, 3.8) is 0 Å². The zero-order valence-electron chi connectivity index (χ0n) is 17.6. The Bertz CT molecular complexity index is 1070. The maximum atomic E-state index is 6.34. The van der Waals surface area contributed by atoms with Crippen LogP contribution in [0.3, 0.4) is 0 Å². The van der Waals surface area contributed by atoms with Crippen molar-refractivity contribution in [1.29, 1.82) is 0 Å². The van der Waals surface area contributed by atoms with Gasteiger partial charge in [0, 0.05) is 37.1 Å². The standard InChI is InChI=1S/C23H28ClN5O/c1-3-19-23(28(12-14-4-5-14)13-15-6-7-15)29-9-8-26-21(22(29)27-19)16-10-17(24)18(25)11-20(16)30-2/h8-11,14-15H,3-7,12-13,25H2,1-2H3. The smallest absolute Gasteiger partial charge is 0.165 e. The van der Waals surface area contributed by atoms with Crippen molar-refractivity contribution < 1.29 is 4.74 Å². The molecule has 0 unspecified atom stereocenters. The summed E-state index contributed by atoms with van der Waals surface area (Å²) in [6.07, 6.45) is 10.1. The zero-order valence-corrected chi connectivity index (χ0v) is 18.3. The summed E-state index contributed by atoms with van der Waals surface area (Å²) in [5.41, 5.74) is 9.99.